The Morgan fingerprint density at radius 1 is 1.64 bits per heavy atom. The van der Waals surface area contributed by atoms with Crippen molar-refractivity contribution in [3.8, 4) is 0 Å². The van der Waals surface area contributed by atoms with Gasteiger partial charge in [0.05, 0.1) is 6.04 Å². The van der Waals surface area contributed by atoms with Gasteiger partial charge in [-0.25, -0.2) is 0 Å². The van der Waals surface area contributed by atoms with E-state index in [1.807, 2.05) is 6.92 Å². The second-order valence-corrected chi connectivity index (χ2v) is 3.93. The minimum absolute atomic E-state index is 0.348. The monoisotopic (exact) mass is 195 g/mol. The molecule has 1 aromatic rings. The lowest BCUT2D eigenvalue weighted by atomic mass is 9.96. The molecule has 4 nitrogen and oxygen atoms in total. The van der Waals surface area contributed by atoms with E-state index in [1.165, 1.54) is 5.56 Å². The standard InChI is InChI=1S/C10H17N3O/c1-7-8-4-6-13(2)9(3-5-11)10(8)12-14-7/h9H,3-6,11H2,1-2H3. The zero-order chi connectivity index (χ0) is 10.1. The van der Waals surface area contributed by atoms with Crippen molar-refractivity contribution in [1.82, 2.24) is 10.1 Å². The quantitative estimate of drug-likeness (QED) is 0.760. The Morgan fingerprint density at radius 2 is 2.43 bits per heavy atom. The molecule has 4 heteroatoms. The number of fused-ring (bicyclic) bond motifs is 1. The highest BCUT2D eigenvalue weighted by atomic mass is 16.5. The number of aryl methyl sites for hydroxylation is 1. The van der Waals surface area contributed by atoms with E-state index in [1.54, 1.807) is 0 Å². The summed E-state index contributed by atoms with van der Waals surface area (Å²) in [5.41, 5.74) is 7.99. The SMILES string of the molecule is Cc1onc2c1CCN(C)C2CCN. The van der Waals surface area contributed by atoms with Gasteiger partial charge in [0.25, 0.3) is 0 Å². The molecular weight excluding hydrogens is 178 g/mol. The molecule has 14 heavy (non-hydrogen) atoms. The van der Waals surface area contributed by atoms with Crippen molar-refractivity contribution < 1.29 is 4.52 Å². The number of aromatic nitrogens is 1. The molecule has 2 N–H and O–H groups in total. The van der Waals surface area contributed by atoms with Crippen molar-refractivity contribution in [3.63, 3.8) is 0 Å². The molecule has 1 unspecified atom stereocenters. The fraction of sp³-hybridized carbons (Fsp3) is 0.700. The number of rotatable bonds is 2. The Labute approximate surface area is 84.0 Å². The molecule has 78 valence electrons. The van der Waals surface area contributed by atoms with Crippen LogP contribution in [0.3, 0.4) is 0 Å². The Kier molecular flexibility index (Phi) is 2.56. The van der Waals surface area contributed by atoms with Gasteiger partial charge in [0.2, 0.25) is 0 Å². The van der Waals surface area contributed by atoms with Crippen LogP contribution in [0.15, 0.2) is 4.52 Å². The Balaban J connectivity index is 2.32. The van der Waals surface area contributed by atoms with Crippen molar-refractivity contribution in [1.29, 1.82) is 0 Å². The van der Waals surface area contributed by atoms with Gasteiger partial charge in [0, 0.05) is 12.1 Å². The van der Waals surface area contributed by atoms with Crippen LogP contribution in [0.4, 0.5) is 0 Å². The minimum atomic E-state index is 0.348. The Hall–Kier alpha value is -0.870. The third-order valence-electron chi connectivity index (χ3n) is 3.02. The highest BCUT2D eigenvalue weighted by Gasteiger charge is 2.28. The van der Waals surface area contributed by atoms with Gasteiger partial charge in [-0.1, -0.05) is 5.16 Å². The molecule has 1 atom stereocenters. The first-order valence-electron chi connectivity index (χ1n) is 5.09. The van der Waals surface area contributed by atoms with Gasteiger partial charge in [-0.2, -0.15) is 0 Å². The van der Waals surface area contributed by atoms with E-state index in [0.29, 0.717) is 12.6 Å². The van der Waals surface area contributed by atoms with Crippen LogP contribution in [0.1, 0.15) is 29.5 Å². The van der Waals surface area contributed by atoms with Crippen molar-refractivity contribution in [2.45, 2.75) is 25.8 Å². The first kappa shape index (κ1) is 9.68. The lowest BCUT2D eigenvalue weighted by Gasteiger charge is -2.30. The topological polar surface area (TPSA) is 55.3 Å². The van der Waals surface area contributed by atoms with E-state index in [0.717, 1.165) is 30.8 Å². The van der Waals surface area contributed by atoms with Gasteiger partial charge >= 0.3 is 0 Å². The molecule has 2 heterocycles. The summed E-state index contributed by atoms with van der Waals surface area (Å²) in [4.78, 5) is 2.30. The molecule has 0 aromatic carbocycles. The summed E-state index contributed by atoms with van der Waals surface area (Å²) in [6.45, 7) is 3.75. The first-order chi connectivity index (χ1) is 6.74. The number of hydrogen-bond donors (Lipinski definition) is 1. The molecular formula is C10H17N3O. The maximum Gasteiger partial charge on any atom is 0.137 e. The average Bonchev–Trinajstić information content (AvgIpc) is 2.53. The third kappa shape index (κ3) is 1.44. The van der Waals surface area contributed by atoms with Crippen LogP contribution in [0.25, 0.3) is 0 Å². The number of hydrogen-bond acceptors (Lipinski definition) is 4. The summed E-state index contributed by atoms with van der Waals surface area (Å²) in [6.07, 6.45) is 2.00. The molecule has 0 fully saturated rings. The van der Waals surface area contributed by atoms with Crippen molar-refractivity contribution in [3.05, 3.63) is 17.0 Å². The maximum atomic E-state index is 5.60. The van der Waals surface area contributed by atoms with Crippen molar-refractivity contribution in [2.24, 2.45) is 5.73 Å². The predicted molar refractivity (Wildman–Crippen MR) is 54.0 cm³/mol. The summed E-state index contributed by atoms with van der Waals surface area (Å²) >= 11 is 0. The first-order valence-corrected chi connectivity index (χ1v) is 5.09. The van der Waals surface area contributed by atoms with Gasteiger partial charge < -0.3 is 10.3 Å². The normalized spacial score (nSPS) is 22.4. The van der Waals surface area contributed by atoms with Crippen LogP contribution in [0.2, 0.25) is 0 Å². The summed E-state index contributed by atoms with van der Waals surface area (Å²) in [5, 5.41) is 4.13. The van der Waals surface area contributed by atoms with Gasteiger partial charge in [0.1, 0.15) is 11.5 Å². The van der Waals surface area contributed by atoms with Crippen LogP contribution < -0.4 is 5.73 Å². The molecule has 0 saturated heterocycles. The van der Waals surface area contributed by atoms with Gasteiger partial charge in [-0.3, -0.25) is 4.90 Å². The zero-order valence-electron chi connectivity index (χ0n) is 8.79. The lowest BCUT2D eigenvalue weighted by molar-refractivity contribution is 0.213. The second-order valence-electron chi connectivity index (χ2n) is 3.93. The summed E-state index contributed by atoms with van der Waals surface area (Å²) < 4.78 is 5.22. The summed E-state index contributed by atoms with van der Waals surface area (Å²) in [7, 11) is 2.12. The molecule has 0 radical (unpaired) electrons. The highest BCUT2D eigenvalue weighted by Crippen LogP contribution is 2.31. The minimum Gasteiger partial charge on any atom is -0.361 e. The molecule has 2 rings (SSSR count). The van der Waals surface area contributed by atoms with Crippen LogP contribution >= 0.6 is 0 Å². The molecule has 1 aliphatic rings. The van der Waals surface area contributed by atoms with E-state index >= 15 is 0 Å². The summed E-state index contributed by atoms with van der Waals surface area (Å²) in [5.74, 6) is 0.968. The molecule has 0 bridgehead atoms. The molecule has 0 spiro atoms. The van der Waals surface area contributed by atoms with E-state index in [2.05, 4.69) is 17.1 Å². The van der Waals surface area contributed by atoms with Gasteiger partial charge in [0.15, 0.2) is 0 Å². The van der Waals surface area contributed by atoms with Crippen molar-refractivity contribution >= 4 is 0 Å². The predicted octanol–water partition coefficient (Wildman–Crippen LogP) is 0.861. The van der Waals surface area contributed by atoms with Gasteiger partial charge in [-0.15, -0.1) is 0 Å². The maximum absolute atomic E-state index is 5.60. The number of nitrogens with two attached hydrogens (primary N) is 1. The molecule has 0 saturated carbocycles. The lowest BCUT2D eigenvalue weighted by Crippen LogP contribution is -2.33. The Morgan fingerprint density at radius 3 is 3.14 bits per heavy atom. The van der Waals surface area contributed by atoms with E-state index in [-0.39, 0.29) is 0 Å². The van der Waals surface area contributed by atoms with E-state index in [9.17, 15) is 0 Å². The fourth-order valence-corrected chi connectivity index (χ4v) is 2.14. The van der Waals surface area contributed by atoms with Crippen LogP contribution in [0, 0.1) is 6.92 Å². The second kappa shape index (κ2) is 3.71. The summed E-state index contributed by atoms with van der Waals surface area (Å²) in [6, 6.07) is 0.348. The average molecular weight is 195 g/mol. The third-order valence-corrected chi connectivity index (χ3v) is 3.02. The van der Waals surface area contributed by atoms with E-state index in [4.69, 9.17) is 10.3 Å². The van der Waals surface area contributed by atoms with Crippen molar-refractivity contribution in [2.75, 3.05) is 20.1 Å². The van der Waals surface area contributed by atoms with Crippen LogP contribution in [-0.4, -0.2) is 30.2 Å². The number of likely N-dealkylation sites (N-methyl/N-ethyl adjacent to an activating group) is 1. The number of nitrogens with zero attached hydrogens (tertiary/aromatic N) is 2. The highest BCUT2D eigenvalue weighted by molar-refractivity contribution is 5.27. The molecule has 1 aromatic heterocycles. The largest absolute Gasteiger partial charge is 0.361 e. The van der Waals surface area contributed by atoms with Crippen LogP contribution in [-0.2, 0) is 6.42 Å². The molecule has 0 amide bonds. The Bertz CT molecular complexity index is 321. The van der Waals surface area contributed by atoms with Gasteiger partial charge in [-0.05, 0) is 33.4 Å². The zero-order valence-corrected chi connectivity index (χ0v) is 8.79. The molecule has 0 aliphatic carbocycles. The fourth-order valence-electron chi connectivity index (χ4n) is 2.14. The smallest absolute Gasteiger partial charge is 0.137 e. The van der Waals surface area contributed by atoms with Crippen LogP contribution in [0.5, 0.6) is 0 Å². The van der Waals surface area contributed by atoms with E-state index < -0.39 is 0 Å². The molecule has 1 aliphatic heterocycles.